The van der Waals surface area contributed by atoms with E-state index >= 15 is 0 Å². The number of aromatic nitrogens is 1. The maximum absolute atomic E-state index is 12.2. The molecule has 0 radical (unpaired) electrons. The fourth-order valence-electron chi connectivity index (χ4n) is 3.15. The summed E-state index contributed by atoms with van der Waals surface area (Å²) in [6.07, 6.45) is 2.33. The summed E-state index contributed by atoms with van der Waals surface area (Å²) in [6, 6.07) is 0.311. The van der Waals surface area contributed by atoms with Gasteiger partial charge in [-0.05, 0) is 24.7 Å². The van der Waals surface area contributed by atoms with Crippen LogP contribution in [0.25, 0.3) is 0 Å². The SMILES string of the molecule is NC1CCC2CN(C(=O)CSCc3cscn3)CC12. The fourth-order valence-corrected chi connectivity index (χ4v) is 4.64. The summed E-state index contributed by atoms with van der Waals surface area (Å²) < 4.78 is 0. The largest absolute Gasteiger partial charge is 0.341 e. The molecule has 1 amide bonds. The monoisotopic (exact) mass is 297 g/mol. The first kappa shape index (κ1) is 13.4. The molecule has 2 N–H and O–H groups in total. The van der Waals surface area contributed by atoms with Gasteiger partial charge in [0.2, 0.25) is 5.91 Å². The average molecular weight is 297 g/mol. The lowest BCUT2D eigenvalue weighted by molar-refractivity contribution is -0.127. The molecule has 2 aliphatic rings. The molecule has 0 aromatic carbocycles. The molecule has 19 heavy (non-hydrogen) atoms. The number of fused-ring (bicyclic) bond motifs is 1. The smallest absolute Gasteiger partial charge is 0.232 e. The van der Waals surface area contributed by atoms with Crippen LogP contribution in [-0.2, 0) is 10.5 Å². The number of thioether (sulfide) groups is 1. The molecule has 1 saturated carbocycles. The van der Waals surface area contributed by atoms with E-state index in [-0.39, 0.29) is 5.91 Å². The summed E-state index contributed by atoms with van der Waals surface area (Å²) in [5.41, 5.74) is 9.00. The van der Waals surface area contributed by atoms with E-state index in [1.807, 2.05) is 15.8 Å². The Morgan fingerprint density at radius 3 is 3.16 bits per heavy atom. The third-order valence-corrected chi connectivity index (χ3v) is 5.81. The molecule has 1 aromatic heterocycles. The lowest BCUT2D eigenvalue weighted by atomic mass is 9.98. The minimum absolute atomic E-state index is 0.266. The number of thiazole rings is 1. The highest BCUT2D eigenvalue weighted by Gasteiger charge is 2.42. The predicted octanol–water partition coefficient (Wildman–Crippen LogP) is 1.57. The fraction of sp³-hybridized carbons (Fsp3) is 0.692. The van der Waals surface area contributed by atoms with Crippen LogP contribution >= 0.6 is 23.1 Å². The summed E-state index contributed by atoms with van der Waals surface area (Å²) >= 11 is 3.26. The molecule has 3 unspecified atom stereocenters. The summed E-state index contributed by atoms with van der Waals surface area (Å²) in [6.45, 7) is 1.80. The second-order valence-electron chi connectivity index (χ2n) is 5.44. The molecule has 0 spiro atoms. The van der Waals surface area contributed by atoms with Crippen molar-refractivity contribution in [3.05, 3.63) is 16.6 Å². The zero-order chi connectivity index (χ0) is 13.2. The third-order valence-electron chi connectivity index (χ3n) is 4.22. The molecule has 1 aliphatic heterocycles. The van der Waals surface area contributed by atoms with E-state index in [4.69, 9.17) is 5.73 Å². The van der Waals surface area contributed by atoms with Gasteiger partial charge in [-0.15, -0.1) is 23.1 Å². The maximum Gasteiger partial charge on any atom is 0.232 e. The molecular formula is C13H19N3OS2. The predicted molar refractivity (Wildman–Crippen MR) is 79.0 cm³/mol. The Balaban J connectivity index is 1.44. The van der Waals surface area contributed by atoms with Crippen LogP contribution < -0.4 is 5.73 Å². The van der Waals surface area contributed by atoms with E-state index in [0.717, 1.165) is 31.0 Å². The number of amides is 1. The number of nitrogens with zero attached hydrogens (tertiary/aromatic N) is 2. The van der Waals surface area contributed by atoms with Crippen LogP contribution in [0.5, 0.6) is 0 Å². The minimum Gasteiger partial charge on any atom is -0.341 e. The highest BCUT2D eigenvalue weighted by Crippen LogP contribution is 2.37. The van der Waals surface area contributed by atoms with E-state index in [2.05, 4.69) is 4.98 Å². The van der Waals surface area contributed by atoms with Gasteiger partial charge in [-0.2, -0.15) is 0 Å². The number of hydrogen-bond acceptors (Lipinski definition) is 5. The van der Waals surface area contributed by atoms with Crippen LogP contribution in [-0.4, -0.2) is 40.7 Å². The molecule has 2 heterocycles. The zero-order valence-electron chi connectivity index (χ0n) is 10.8. The first-order valence-corrected chi connectivity index (χ1v) is 8.82. The Hall–Kier alpha value is -0.590. The van der Waals surface area contributed by atoms with Crippen LogP contribution in [0.1, 0.15) is 18.5 Å². The Labute approximate surface area is 121 Å². The molecule has 3 rings (SSSR count). The lowest BCUT2D eigenvalue weighted by Crippen LogP contribution is -2.34. The van der Waals surface area contributed by atoms with Crippen LogP contribution in [0.15, 0.2) is 10.9 Å². The van der Waals surface area contributed by atoms with Crippen LogP contribution in [0, 0.1) is 11.8 Å². The van der Waals surface area contributed by atoms with Gasteiger partial charge < -0.3 is 10.6 Å². The van der Waals surface area contributed by atoms with Crippen LogP contribution in [0.3, 0.4) is 0 Å². The minimum atomic E-state index is 0.266. The van der Waals surface area contributed by atoms with Crippen molar-refractivity contribution < 1.29 is 4.79 Å². The van der Waals surface area contributed by atoms with Crippen molar-refractivity contribution in [2.24, 2.45) is 17.6 Å². The van der Waals surface area contributed by atoms with E-state index in [9.17, 15) is 4.79 Å². The van der Waals surface area contributed by atoms with Crippen molar-refractivity contribution in [2.75, 3.05) is 18.8 Å². The van der Waals surface area contributed by atoms with Crippen molar-refractivity contribution in [3.63, 3.8) is 0 Å². The number of likely N-dealkylation sites (tertiary alicyclic amines) is 1. The van der Waals surface area contributed by atoms with Gasteiger partial charge in [0.25, 0.3) is 0 Å². The standard InChI is InChI=1S/C13H19N3OS2/c14-12-2-1-9-3-16(4-11(9)12)13(17)7-18-5-10-6-19-8-15-10/h6,8-9,11-12H,1-5,7,14H2. The Morgan fingerprint density at radius 1 is 1.53 bits per heavy atom. The van der Waals surface area contributed by atoms with Gasteiger partial charge >= 0.3 is 0 Å². The van der Waals surface area contributed by atoms with E-state index < -0.39 is 0 Å². The van der Waals surface area contributed by atoms with Gasteiger partial charge in [0.05, 0.1) is 17.0 Å². The van der Waals surface area contributed by atoms with Gasteiger partial charge in [-0.25, -0.2) is 4.98 Å². The van der Waals surface area contributed by atoms with Crippen molar-refractivity contribution in [1.29, 1.82) is 0 Å². The molecule has 1 aliphatic carbocycles. The van der Waals surface area contributed by atoms with Crippen LogP contribution in [0.4, 0.5) is 0 Å². The first-order chi connectivity index (χ1) is 9.24. The summed E-state index contributed by atoms with van der Waals surface area (Å²) in [5, 5.41) is 2.04. The number of carbonyl (C=O) groups is 1. The zero-order valence-corrected chi connectivity index (χ0v) is 12.5. The summed E-state index contributed by atoms with van der Waals surface area (Å²) in [7, 11) is 0. The second-order valence-corrected chi connectivity index (χ2v) is 7.14. The lowest BCUT2D eigenvalue weighted by Gasteiger charge is -2.18. The van der Waals surface area contributed by atoms with Crippen molar-refractivity contribution in [3.8, 4) is 0 Å². The molecule has 1 saturated heterocycles. The van der Waals surface area contributed by atoms with Gasteiger partial charge in [-0.1, -0.05) is 0 Å². The van der Waals surface area contributed by atoms with Crippen LogP contribution in [0.2, 0.25) is 0 Å². The van der Waals surface area contributed by atoms with Gasteiger partial charge in [0.15, 0.2) is 0 Å². The number of rotatable bonds is 4. The molecule has 1 aromatic rings. The molecule has 0 bridgehead atoms. The van der Waals surface area contributed by atoms with E-state index in [1.54, 1.807) is 23.1 Å². The highest BCUT2D eigenvalue weighted by molar-refractivity contribution is 7.99. The number of hydrogen-bond donors (Lipinski definition) is 1. The molecule has 2 fully saturated rings. The summed E-state index contributed by atoms with van der Waals surface area (Å²) in [5.74, 6) is 2.86. The topological polar surface area (TPSA) is 59.2 Å². The average Bonchev–Trinajstić information content (AvgIpc) is 3.08. The third kappa shape index (κ3) is 2.95. The van der Waals surface area contributed by atoms with Gasteiger partial charge in [0.1, 0.15) is 0 Å². The molecule has 3 atom stereocenters. The first-order valence-electron chi connectivity index (χ1n) is 6.72. The van der Waals surface area contributed by atoms with Gasteiger partial charge in [-0.3, -0.25) is 4.79 Å². The Bertz CT molecular complexity index is 437. The van der Waals surface area contributed by atoms with E-state index in [1.165, 1.54) is 6.42 Å². The van der Waals surface area contributed by atoms with Crippen molar-refractivity contribution >= 4 is 29.0 Å². The maximum atomic E-state index is 12.2. The highest BCUT2D eigenvalue weighted by atomic mass is 32.2. The molecule has 4 nitrogen and oxygen atoms in total. The number of nitrogens with two attached hydrogens (primary N) is 1. The normalized spacial score (nSPS) is 29.7. The summed E-state index contributed by atoms with van der Waals surface area (Å²) in [4.78, 5) is 18.4. The van der Waals surface area contributed by atoms with Crippen molar-refractivity contribution in [1.82, 2.24) is 9.88 Å². The molecule has 6 heteroatoms. The van der Waals surface area contributed by atoms with Gasteiger partial charge in [0, 0.05) is 30.3 Å². The Kier molecular flexibility index (Phi) is 4.10. The van der Waals surface area contributed by atoms with E-state index in [0.29, 0.717) is 23.6 Å². The Morgan fingerprint density at radius 2 is 2.42 bits per heavy atom. The quantitative estimate of drug-likeness (QED) is 0.916. The number of carbonyl (C=O) groups excluding carboxylic acids is 1. The molecular weight excluding hydrogens is 278 g/mol. The second kappa shape index (κ2) is 5.81. The molecule has 104 valence electrons. The van der Waals surface area contributed by atoms with Crippen molar-refractivity contribution in [2.45, 2.75) is 24.6 Å².